The number of carbonyl (C=O) groups excluding carboxylic acids is 1. The Morgan fingerprint density at radius 1 is 1.63 bits per heavy atom. The first kappa shape index (κ1) is 15.5. The van der Waals surface area contributed by atoms with E-state index in [2.05, 4.69) is 10.0 Å². The van der Waals surface area contributed by atoms with Gasteiger partial charge in [-0.2, -0.15) is 0 Å². The molecule has 1 rings (SSSR count). The minimum Gasteiger partial charge on any atom is -0.490 e. The zero-order valence-corrected chi connectivity index (χ0v) is 10.9. The summed E-state index contributed by atoms with van der Waals surface area (Å²) in [4.78, 5) is 13.5. The van der Waals surface area contributed by atoms with E-state index in [0.29, 0.717) is 0 Å². The van der Waals surface area contributed by atoms with Crippen molar-refractivity contribution in [2.75, 3.05) is 13.2 Å². The molecule has 0 bridgehead atoms. The van der Waals surface area contributed by atoms with Crippen LogP contribution in [0.2, 0.25) is 5.02 Å². The van der Waals surface area contributed by atoms with Crippen molar-refractivity contribution < 1.29 is 19.0 Å². The Kier molecular flexibility index (Phi) is 5.38. The zero-order chi connectivity index (χ0) is 14.5. The van der Waals surface area contributed by atoms with Gasteiger partial charge in [0.1, 0.15) is 18.2 Å². The van der Waals surface area contributed by atoms with E-state index in [9.17, 15) is 14.3 Å². The van der Waals surface area contributed by atoms with Crippen LogP contribution in [0.25, 0.3) is 10.4 Å². The lowest BCUT2D eigenvalue weighted by molar-refractivity contribution is -0.130. The molecule has 0 radical (unpaired) electrons. The van der Waals surface area contributed by atoms with Crippen LogP contribution in [-0.2, 0) is 4.79 Å². The molecule has 0 amide bonds. The standard InChI is InChI=1S/C10H8Cl2FN3O3/c11-7-2-1-6(3-8(7)13)19-5-10(18,9(12)17)4-15-16-14/h1-3,18H,4-5H2. The van der Waals surface area contributed by atoms with Gasteiger partial charge in [0, 0.05) is 11.0 Å². The van der Waals surface area contributed by atoms with Crippen molar-refractivity contribution in [2.45, 2.75) is 5.60 Å². The molecular formula is C10H8Cl2FN3O3. The number of aliphatic hydroxyl groups is 1. The SMILES string of the molecule is [N-]=[N+]=NCC(O)(COc1ccc(Cl)c(F)c1)C(=O)Cl. The van der Waals surface area contributed by atoms with Crippen molar-refractivity contribution in [1.82, 2.24) is 0 Å². The Balaban J connectivity index is 2.78. The third kappa shape index (κ3) is 4.25. The summed E-state index contributed by atoms with van der Waals surface area (Å²) < 4.78 is 18.2. The second-order valence-corrected chi connectivity index (χ2v) is 4.31. The molecule has 0 aliphatic rings. The first-order valence-electron chi connectivity index (χ1n) is 4.90. The molecule has 6 nitrogen and oxygen atoms in total. The Hall–Kier alpha value is -1.53. The maximum absolute atomic E-state index is 13.1. The average Bonchev–Trinajstić information content (AvgIpc) is 2.37. The van der Waals surface area contributed by atoms with Crippen molar-refractivity contribution in [3.05, 3.63) is 39.5 Å². The van der Waals surface area contributed by atoms with Crippen LogP contribution in [0.15, 0.2) is 23.3 Å². The summed E-state index contributed by atoms with van der Waals surface area (Å²) in [6, 6.07) is 3.58. The molecule has 0 fully saturated rings. The highest BCUT2D eigenvalue weighted by Crippen LogP contribution is 2.22. The number of hydrogen-bond acceptors (Lipinski definition) is 4. The molecule has 0 aliphatic heterocycles. The number of hydrogen-bond donors (Lipinski definition) is 1. The average molecular weight is 308 g/mol. The van der Waals surface area contributed by atoms with Crippen LogP contribution < -0.4 is 4.74 Å². The molecule has 0 heterocycles. The van der Waals surface area contributed by atoms with E-state index >= 15 is 0 Å². The lowest BCUT2D eigenvalue weighted by Crippen LogP contribution is -2.44. The lowest BCUT2D eigenvalue weighted by Gasteiger charge is -2.21. The van der Waals surface area contributed by atoms with Crippen LogP contribution in [0.5, 0.6) is 5.75 Å². The minimum absolute atomic E-state index is 0.0409. The molecule has 1 aromatic rings. The smallest absolute Gasteiger partial charge is 0.256 e. The quantitative estimate of drug-likeness (QED) is 0.379. The molecule has 19 heavy (non-hydrogen) atoms. The van der Waals surface area contributed by atoms with E-state index in [1.807, 2.05) is 0 Å². The van der Waals surface area contributed by atoms with E-state index in [4.69, 9.17) is 33.5 Å². The first-order chi connectivity index (χ1) is 8.89. The Morgan fingerprint density at radius 2 is 2.32 bits per heavy atom. The van der Waals surface area contributed by atoms with E-state index in [-0.39, 0.29) is 10.8 Å². The number of halogens is 3. The summed E-state index contributed by atoms with van der Waals surface area (Å²) >= 11 is 10.7. The summed E-state index contributed by atoms with van der Waals surface area (Å²) in [7, 11) is 0. The fourth-order valence-electron chi connectivity index (χ4n) is 1.08. The number of ether oxygens (including phenoxy) is 1. The van der Waals surface area contributed by atoms with Crippen molar-refractivity contribution in [2.24, 2.45) is 5.11 Å². The van der Waals surface area contributed by atoms with E-state index in [1.54, 1.807) is 0 Å². The largest absolute Gasteiger partial charge is 0.490 e. The number of benzene rings is 1. The third-order valence-electron chi connectivity index (χ3n) is 2.13. The summed E-state index contributed by atoms with van der Waals surface area (Å²) in [6.45, 7) is -1.18. The summed E-state index contributed by atoms with van der Waals surface area (Å²) in [5.41, 5.74) is 5.97. The van der Waals surface area contributed by atoms with Gasteiger partial charge in [-0.1, -0.05) is 16.7 Å². The monoisotopic (exact) mass is 307 g/mol. The molecule has 9 heteroatoms. The Morgan fingerprint density at radius 3 is 2.84 bits per heavy atom. The molecule has 1 atom stereocenters. The molecule has 0 saturated carbocycles. The summed E-state index contributed by atoms with van der Waals surface area (Å²) in [5.74, 6) is -0.672. The minimum atomic E-state index is -2.18. The van der Waals surface area contributed by atoms with Gasteiger partial charge in [-0.25, -0.2) is 4.39 Å². The molecule has 0 spiro atoms. The van der Waals surface area contributed by atoms with Crippen LogP contribution in [-0.4, -0.2) is 29.1 Å². The fourth-order valence-corrected chi connectivity index (χ4v) is 1.31. The third-order valence-corrected chi connectivity index (χ3v) is 2.79. The van der Waals surface area contributed by atoms with Crippen LogP contribution in [0, 0.1) is 5.82 Å². The van der Waals surface area contributed by atoms with Gasteiger partial charge >= 0.3 is 0 Å². The van der Waals surface area contributed by atoms with Gasteiger partial charge in [0.2, 0.25) is 0 Å². The molecule has 1 aromatic carbocycles. The van der Waals surface area contributed by atoms with E-state index < -0.39 is 29.8 Å². The van der Waals surface area contributed by atoms with Crippen molar-refractivity contribution in [1.29, 1.82) is 0 Å². The van der Waals surface area contributed by atoms with Crippen LogP contribution in [0.4, 0.5) is 4.39 Å². The zero-order valence-electron chi connectivity index (χ0n) is 9.39. The highest BCUT2D eigenvalue weighted by molar-refractivity contribution is 6.65. The second-order valence-electron chi connectivity index (χ2n) is 3.56. The number of nitrogens with zero attached hydrogens (tertiary/aromatic N) is 3. The predicted octanol–water partition coefficient (Wildman–Crippen LogP) is 2.66. The van der Waals surface area contributed by atoms with Crippen LogP contribution in [0.1, 0.15) is 0 Å². The van der Waals surface area contributed by atoms with Crippen LogP contribution in [0.3, 0.4) is 0 Å². The molecule has 1 N–H and O–H groups in total. The molecule has 102 valence electrons. The van der Waals surface area contributed by atoms with Gasteiger partial charge in [0.15, 0.2) is 5.60 Å². The maximum atomic E-state index is 13.1. The van der Waals surface area contributed by atoms with Crippen molar-refractivity contribution >= 4 is 28.4 Å². The molecule has 1 unspecified atom stereocenters. The van der Waals surface area contributed by atoms with E-state index in [0.717, 1.165) is 6.07 Å². The van der Waals surface area contributed by atoms with Gasteiger partial charge in [-0.3, -0.25) is 4.79 Å². The van der Waals surface area contributed by atoms with Crippen molar-refractivity contribution in [3.8, 4) is 5.75 Å². The maximum Gasteiger partial charge on any atom is 0.256 e. The van der Waals surface area contributed by atoms with Crippen LogP contribution >= 0.6 is 23.2 Å². The van der Waals surface area contributed by atoms with Gasteiger partial charge in [-0.05, 0) is 29.3 Å². The van der Waals surface area contributed by atoms with Crippen molar-refractivity contribution in [3.63, 3.8) is 0 Å². The van der Waals surface area contributed by atoms with Gasteiger partial charge in [0.25, 0.3) is 5.24 Å². The lowest BCUT2D eigenvalue weighted by atomic mass is 10.1. The first-order valence-corrected chi connectivity index (χ1v) is 5.65. The summed E-state index contributed by atoms with van der Waals surface area (Å²) in [5, 5.41) is 11.6. The fraction of sp³-hybridized carbons (Fsp3) is 0.300. The number of rotatable bonds is 6. The molecule has 0 saturated heterocycles. The Bertz CT molecular complexity index is 537. The molecule has 0 aliphatic carbocycles. The number of azide groups is 1. The van der Waals surface area contributed by atoms with Gasteiger partial charge < -0.3 is 9.84 Å². The molecule has 0 aromatic heterocycles. The van der Waals surface area contributed by atoms with Gasteiger partial charge in [-0.15, -0.1) is 0 Å². The predicted molar refractivity (Wildman–Crippen MR) is 66.7 cm³/mol. The topological polar surface area (TPSA) is 95.3 Å². The number of carbonyl (C=O) groups is 1. The molecular weight excluding hydrogens is 300 g/mol. The highest BCUT2D eigenvalue weighted by Gasteiger charge is 2.35. The normalized spacial score (nSPS) is 13.3. The second kappa shape index (κ2) is 6.58. The highest BCUT2D eigenvalue weighted by atomic mass is 35.5. The summed E-state index contributed by atoms with van der Waals surface area (Å²) in [6.07, 6.45) is 0. The van der Waals surface area contributed by atoms with Gasteiger partial charge in [0.05, 0.1) is 11.6 Å². The van der Waals surface area contributed by atoms with E-state index in [1.165, 1.54) is 12.1 Å². The Labute approximate surface area is 117 Å².